The molecule has 2 N–H and O–H groups in total. The summed E-state index contributed by atoms with van der Waals surface area (Å²) in [7, 11) is 1.31. The van der Waals surface area contributed by atoms with Crippen LogP contribution in [-0.2, 0) is 11.3 Å². The number of pyridine rings is 1. The zero-order chi connectivity index (χ0) is 24.2. The van der Waals surface area contributed by atoms with E-state index in [2.05, 4.69) is 26.6 Å². The predicted molar refractivity (Wildman–Crippen MR) is 122 cm³/mol. The van der Waals surface area contributed by atoms with Gasteiger partial charge in [0.2, 0.25) is 5.88 Å². The molecule has 172 valence electrons. The van der Waals surface area contributed by atoms with E-state index in [9.17, 15) is 14.0 Å². The molecule has 0 aliphatic heterocycles. The number of benzene rings is 1. The first kappa shape index (κ1) is 22.5. The van der Waals surface area contributed by atoms with Crippen LogP contribution in [0.2, 0.25) is 0 Å². The van der Waals surface area contributed by atoms with Crippen molar-refractivity contribution in [2.45, 2.75) is 6.54 Å². The lowest BCUT2D eigenvalue weighted by molar-refractivity contribution is -0.123. The minimum absolute atomic E-state index is 0.0199. The third-order valence-corrected chi connectivity index (χ3v) is 5.07. The summed E-state index contributed by atoms with van der Waals surface area (Å²) in [5.74, 6) is -1.72. The van der Waals surface area contributed by atoms with Crippen LogP contribution in [0.1, 0.15) is 10.4 Å². The monoisotopic (exact) mass is 461 g/mol. The van der Waals surface area contributed by atoms with Crippen LogP contribution in [0.25, 0.3) is 22.3 Å². The Morgan fingerprint density at radius 3 is 2.68 bits per heavy atom. The van der Waals surface area contributed by atoms with E-state index in [0.717, 1.165) is 11.0 Å². The Hall–Kier alpha value is -4.67. The van der Waals surface area contributed by atoms with Crippen molar-refractivity contribution in [3.8, 4) is 17.1 Å². The molecule has 3 heterocycles. The minimum atomic E-state index is -0.672. The highest BCUT2D eigenvalue weighted by Crippen LogP contribution is 2.31. The number of anilines is 1. The Kier molecular flexibility index (Phi) is 6.26. The predicted octanol–water partition coefficient (Wildman–Crippen LogP) is 2.47. The number of carbonyl (C=O) groups excluding carboxylic acids is 2. The molecule has 1 aromatic carbocycles. The van der Waals surface area contributed by atoms with Crippen molar-refractivity contribution in [2.24, 2.45) is 0 Å². The molecule has 34 heavy (non-hydrogen) atoms. The van der Waals surface area contributed by atoms with Gasteiger partial charge in [-0.05, 0) is 24.3 Å². The SMILES string of the molecule is C=CC(=O)N(CCn1nc(-c2cnc(OC)c(F)c2)c2c(N)ncnc21)C(=O)c1ccccc1. The van der Waals surface area contributed by atoms with E-state index in [0.29, 0.717) is 27.9 Å². The number of methoxy groups -OCH3 is 1. The number of aromatic nitrogens is 5. The van der Waals surface area contributed by atoms with Crippen molar-refractivity contribution in [1.29, 1.82) is 0 Å². The number of halogens is 1. The first-order chi connectivity index (χ1) is 16.4. The topological polar surface area (TPSA) is 129 Å². The molecule has 0 saturated carbocycles. The zero-order valence-electron chi connectivity index (χ0n) is 18.2. The van der Waals surface area contributed by atoms with Crippen LogP contribution in [-0.4, -0.2) is 55.1 Å². The molecule has 4 rings (SSSR count). The molecular formula is C23H20FN7O3. The third-order valence-electron chi connectivity index (χ3n) is 5.07. The fraction of sp³-hybridized carbons (Fsp3) is 0.130. The van der Waals surface area contributed by atoms with Gasteiger partial charge in [0.1, 0.15) is 17.8 Å². The molecule has 0 aliphatic carbocycles. The van der Waals surface area contributed by atoms with Crippen molar-refractivity contribution in [1.82, 2.24) is 29.6 Å². The summed E-state index contributed by atoms with van der Waals surface area (Å²) in [4.78, 5) is 38.6. The maximum absolute atomic E-state index is 14.3. The lowest BCUT2D eigenvalue weighted by Crippen LogP contribution is -2.38. The van der Waals surface area contributed by atoms with E-state index in [1.54, 1.807) is 30.3 Å². The molecule has 0 aliphatic rings. The number of fused-ring (bicyclic) bond motifs is 1. The number of hydrogen-bond donors (Lipinski definition) is 1. The normalized spacial score (nSPS) is 10.8. The van der Waals surface area contributed by atoms with Crippen LogP contribution in [0.4, 0.5) is 10.2 Å². The number of nitrogen functional groups attached to an aromatic ring is 1. The number of carbonyl (C=O) groups is 2. The van der Waals surface area contributed by atoms with E-state index in [4.69, 9.17) is 10.5 Å². The molecule has 4 aromatic rings. The quantitative estimate of drug-likeness (QED) is 0.416. The van der Waals surface area contributed by atoms with Gasteiger partial charge in [0.15, 0.2) is 11.5 Å². The molecule has 3 aromatic heterocycles. The second-order valence-electron chi connectivity index (χ2n) is 7.11. The lowest BCUT2D eigenvalue weighted by atomic mass is 10.1. The van der Waals surface area contributed by atoms with Gasteiger partial charge in [-0.3, -0.25) is 14.5 Å². The van der Waals surface area contributed by atoms with Gasteiger partial charge >= 0.3 is 0 Å². The van der Waals surface area contributed by atoms with Crippen LogP contribution in [0, 0.1) is 5.82 Å². The molecule has 0 radical (unpaired) electrons. The van der Waals surface area contributed by atoms with Gasteiger partial charge in [-0.2, -0.15) is 5.10 Å². The summed E-state index contributed by atoms with van der Waals surface area (Å²) in [6.45, 7) is 3.56. The summed E-state index contributed by atoms with van der Waals surface area (Å²) in [6, 6.07) is 9.64. The Labute approximate surface area is 193 Å². The number of ether oxygens (including phenoxy) is 1. The maximum Gasteiger partial charge on any atom is 0.260 e. The summed E-state index contributed by atoms with van der Waals surface area (Å²) in [5, 5.41) is 4.91. The number of rotatable bonds is 7. The molecule has 0 saturated heterocycles. The van der Waals surface area contributed by atoms with Gasteiger partial charge in [-0.1, -0.05) is 24.8 Å². The van der Waals surface area contributed by atoms with Gasteiger partial charge < -0.3 is 10.5 Å². The molecule has 10 nitrogen and oxygen atoms in total. The molecule has 11 heteroatoms. The standard InChI is InChI=1S/C23H20FN7O3/c1-3-17(32)30(23(33)14-7-5-4-6-8-14)9-10-31-21-18(20(25)27-13-28-21)19(29-31)15-11-16(24)22(34-2)26-12-15/h3-8,11-13H,1,9-10H2,2H3,(H2,25,27,28). The van der Waals surface area contributed by atoms with Gasteiger partial charge in [-0.25, -0.2) is 24.0 Å². The van der Waals surface area contributed by atoms with Crippen molar-refractivity contribution >= 4 is 28.7 Å². The highest BCUT2D eigenvalue weighted by atomic mass is 19.1. The number of nitrogens with zero attached hydrogens (tertiary/aromatic N) is 6. The number of amides is 2. The first-order valence-electron chi connectivity index (χ1n) is 10.1. The molecule has 0 unspecified atom stereocenters. The molecule has 0 bridgehead atoms. The highest BCUT2D eigenvalue weighted by molar-refractivity contribution is 6.07. The maximum atomic E-state index is 14.3. The fourth-order valence-electron chi connectivity index (χ4n) is 3.45. The van der Waals surface area contributed by atoms with Crippen LogP contribution >= 0.6 is 0 Å². The summed E-state index contributed by atoms with van der Waals surface area (Å²) >= 11 is 0. The van der Waals surface area contributed by atoms with Gasteiger partial charge in [0.05, 0.1) is 19.0 Å². The Balaban J connectivity index is 1.71. The second kappa shape index (κ2) is 9.45. The van der Waals surface area contributed by atoms with Crippen LogP contribution < -0.4 is 10.5 Å². The average molecular weight is 461 g/mol. The molecule has 2 amide bonds. The smallest absolute Gasteiger partial charge is 0.260 e. The number of imide groups is 1. The van der Waals surface area contributed by atoms with E-state index in [-0.39, 0.29) is 24.8 Å². The second-order valence-corrected chi connectivity index (χ2v) is 7.11. The molecular weight excluding hydrogens is 441 g/mol. The Morgan fingerprint density at radius 2 is 2.00 bits per heavy atom. The first-order valence-corrected chi connectivity index (χ1v) is 10.1. The molecule has 0 fully saturated rings. The minimum Gasteiger partial charge on any atom is -0.479 e. The van der Waals surface area contributed by atoms with Crippen molar-refractivity contribution in [2.75, 3.05) is 19.4 Å². The summed E-state index contributed by atoms with van der Waals surface area (Å²) in [6.07, 6.45) is 3.74. The van der Waals surface area contributed by atoms with Gasteiger partial charge in [-0.15, -0.1) is 0 Å². The van der Waals surface area contributed by atoms with E-state index < -0.39 is 17.6 Å². The zero-order valence-corrected chi connectivity index (χ0v) is 18.2. The summed E-state index contributed by atoms with van der Waals surface area (Å²) < 4.78 is 20.6. The number of nitrogens with two attached hydrogens (primary N) is 1. The van der Waals surface area contributed by atoms with Gasteiger partial charge in [0, 0.05) is 23.9 Å². The largest absolute Gasteiger partial charge is 0.479 e. The lowest BCUT2D eigenvalue weighted by Gasteiger charge is -2.19. The van der Waals surface area contributed by atoms with Crippen LogP contribution in [0.3, 0.4) is 0 Å². The third kappa shape index (κ3) is 4.18. The van der Waals surface area contributed by atoms with E-state index in [1.807, 2.05) is 0 Å². The van der Waals surface area contributed by atoms with Crippen molar-refractivity contribution < 1.29 is 18.7 Å². The van der Waals surface area contributed by atoms with Crippen molar-refractivity contribution in [3.05, 3.63) is 73.0 Å². The van der Waals surface area contributed by atoms with Crippen molar-refractivity contribution in [3.63, 3.8) is 0 Å². The fourth-order valence-corrected chi connectivity index (χ4v) is 3.45. The van der Waals surface area contributed by atoms with E-state index >= 15 is 0 Å². The highest BCUT2D eigenvalue weighted by Gasteiger charge is 2.23. The van der Waals surface area contributed by atoms with Crippen LogP contribution in [0.5, 0.6) is 5.88 Å². The number of hydrogen-bond acceptors (Lipinski definition) is 8. The van der Waals surface area contributed by atoms with E-state index in [1.165, 1.54) is 30.4 Å². The molecule has 0 spiro atoms. The average Bonchev–Trinajstić information content (AvgIpc) is 3.24. The molecule has 0 atom stereocenters. The van der Waals surface area contributed by atoms with Gasteiger partial charge in [0.25, 0.3) is 11.8 Å². The summed E-state index contributed by atoms with van der Waals surface area (Å²) in [5.41, 5.74) is 7.43. The van der Waals surface area contributed by atoms with Crippen LogP contribution in [0.15, 0.2) is 61.6 Å². The Bertz CT molecular complexity index is 1390. The Morgan fingerprint density at radius 1 is 1.24 bits per heavy atom.